The summed E-state index contributed by atoms with van der Waals surface area (Å²) in [5.74, 6) is 0.172. The Morgan fingerprint density at radius 2 is 1.71 bits per heavy atom. The molecule has 1 aliphatic heterocycles. The van der Waals surface area contributed by atoms with Crippen LogP contribution in [-0.4, -0.2) is 30.5 Å². The molecule has 2 aromatic carbocycles. The Hall–Kier alpha value is -2.13. The average Bonchev–Trinajstić information content (AvgIpc) is 2.57. The molecule has 3 rings (SSSR count). The molecule has 0 aromatic heterocycles. The van der Waals surface area contributed by atoms with Crippen LogP contribution < -0.4 is 0 Å². The van der Waals surface area contributed by atoms with E-state index in [0.29, 0.717) is 26.1 Å². The Balaban J connectivity index is 1.64. The van der Waals surface area contributed by atoms with Crippen LogP contribution in [0.15, 0.2) is 60.7 Å². The SMILES string of the molecule is O=C(Cc1ccccc1)N1CCOC(c2ccccc2)C1. The second kappa shape index (κ2) is 6.55. The van der Waals surface area contributed by atoms with Crippen molar-refractivity contribution in [1.29, 1.82) is 0 Å². The molecule has 3 nitrogen and oxygen atoms in total. The average molecular weight is 281 g/mol. The summed E-state index contributed by atoms with van der Waals surface area (Å²) in [4.78, 5) is 14.3. The summed E-state index contributed by atoms with van der Waals surface area (Å²) in [5.41, 5.74) is 2.19. The maximum atomic E-state index is 12.4. The molecule has 0 aliphatic carbocycles. The first-order valence-electron chi connectivity index (χ1n) is 7.31. The number of carbonyl (C=O) groups excluding carboxylic acids is 1. The second-order valence-corrected chi connectivity index (χ2v) is 5.27. The molecular formula is C18H19NO2. The lowest BCUT2D eigenvalue weighted by atomic mass is 10.1. The first-order chi connectivity index (χ1) is 10.3. The minimum absolute atomic E-state index is 0.0142. The van der Waals surface area contributed by atoms with E-state index in [1.54, 1.807) is 0 Å². The number of nitrogens with zero attached hydrogens (tertiary/aromatic N) is 1. The molecule has 3 heteroatoms. The number of morpholine rings is 1. The van der Waals surface area contributed by atoms with Gasteiger partial charge in [-0.2, -0.15) is 0 Å². The Kier molecular flexibility index (Phi) is 4.31. The third-order valence-corrected chi connectivity index (χ3v) is 3.79. The van der Waals surface area contributed by atoms with Gasteiger partial charge in [0.15, 0.2) is 0 Å². The van der Waals surface area contributed by atoms with E-state index in [-0.39, 0.29) is 12.0 Å². The van der Waals surface area contributed by atoms with Crippen molar-refractivity contribution in [3.05, 3.63) is 71.8 Å². The molecular weight excluding hydrogens is 262 g/mol. The highest BCUT2D eigenvalue weighted by atomic mass is 16.5. The van der Waals surface area contributed by atoms with E-state index in [1.165, 1.54) is 0 Å². The van der Waals surface area contributed by atoms with Crippen molar-refractivity contribution < 1.29 is 9.53 Å². The molecule has 0 spiro atoms. The molecule has 21 heavy (non-hydrogen) atoms. The van der Waals surface area contributed by atoms with Gasteiger partial charge in [-0.1, -0.05) is 60.7 Å². The minimum atomic E-state index is -0.0142. The van der Waals surface area contributed by atoms with Crippen LogP contribution in [0.2, 0.25) is 0 Å². The first kappa shape index (κ1) is 13.8. The summed E-state index contributed by atoms with van der Waals surface area (Å²) in [6.07, 6.45) is 0.446. The van der Waals surface area contributed by atoms with Crippen LogP contribution in [-0.2, 0) is 16.0 Å². The topological polar surface area (TPSA) is 29.5 Å². The molecule has 2 aromatic rings. The molecule has 0 bridgehead atoms. The van der Waals surface area contributed by atoms with Crippen LogP contribution in [0.4, 0.5) is 0 Å². The Labute approximate surface area is 125 Å². The van der Waals surface area contributed by atoms with Crippen LogP contribution in [0.1, 0.15) is 17.2 Å². The van der Waals surface area contributed by atoms with Crippen LogP contribution in [0.5, 0.6) is 0 Å². The summed E-state index contributed by atoms with van der Waals surface area (Å²) < 4.78 is 5.80. The molecule has 0 N–H and O–H groups in total. The van der Waals surface area contributed by atoms with Gasteiger partial charge in [-0.05, 0) is 11.1 Å². The molecule has 108 valence electrons. The Morgan fingerprint density at radius 1 is 1.05 bits per heavy atom. The predicted octanol–water partition coefficient (Wildman–Crippen LogP) is 2.83. The number of rotatable bonds is 3. The van der Waals surface area contributed by atoms with Gasteiger partial charge >= 0.3 is 0 Å². The zero-order valence-electron chi connectivity index (χ0n) is 11.9. The first-order valence-corrected chi connectivity index (χ1v) is 7.31. The van der Waals surface area contributed by atoms with Gasteiger partial charge in [-0.15, -0.1) is 0 Å². The minimum Gasteiger partial charge on any atom is -0.370 e. The quantitative estimate of drug-likeness (QED) is 0.866. The maximum Gasteiger partial charge on any atom is 0.227 e. The van der Waals surface area contributed by atoms with Gasteiger partial charge in [0, 0.05) is 6.54 Å². The van der Waals surface area contributed by atoms with Crippen molar-refractivity contribution in [3.8, 4) is 0 Å². The lowest BCUT2D eigenvalue weighted by molar-refractivity contribution is -0.138. The molecule has 1 amide bonds. The molecule has 0 saturated carbocycles. The van der Waals surface area contributed by atoms with Crippen molar-refractivity contribution in [3.63, 3.8) is 0 Å². The van der Waals surface area contributed by atoms with Gasteiger partial charge in [-0.3, -0.25) is 4.79 Å². The van der Waals surface area contributed by atoms with E-state index in [2.05, 4.69) is 12.1 Å². The lowest BCUT2D eigenvalue weighted by Crippen LogP contribution is -2.42. The fraction of sp³-hybridized carbons (Fsp3) is 0.278. The zero-order valence-corrected chi connectivity index (χ0v) is 11.9. The Bertz CT molecular complexity index is 583. The van der Waals surface area contributed by atoms with Crippen molar-refractivity contribution >= 4 is 5.91 Å². The van der Waals surface area contributed by atoms with Crippen LogP contribution in [0.25, 0.3) is 0 Å². The van der Waals surface area contributed by atoms with E-state index < -0.39 is 0 Å². The van der Waals surface area contributed by atoms with Gasteiger partial charge in [0.25, 0.3) is 0 Å². The summed E-state index contributed by atoms with van der Waals surface area (Å²) in [6.45, 7) is 1.91. The monoisotopic (exact) mass is 281 g/mol. The Morgan fingerprint density at radius 3 is 2.43 bits per heavy atom. The van der Waals surface area contributed by atoms with Crippen molar-refractivity contribution in [2.75, 3.05) is 19.7 Å². The van der Waals surface area contributed by atoms with Gasteiger partial charge in [-0.25, -0.2) is 0 Å². The molecule has 1 aliphatic rings. The van der Waals surface area contributed by atoms with E-state index in [1.807, 2.05) is 53.4 Å². The van der Waals surface area contributed by atoms with Gasteiger partial charge in [0.1, 0.15) is 6.10 Å². The van der Waals surface area contributed by atoms with E-state index in [0.717, 1.165) is 11.1 Å². The summed E-state index contributed by atoms with van der Waals surface area (Å²) in [6, 6.07) is 20.0. The van der Waals surface area contributed by atoms with Crippen molar-refractivity contribution in [2.45, 2.75) is 12.5 Å². The summed E-state index contributed by atoms with van der Waals surface area (Å²) >= 11 is 0. The highest BCUT2D eigenvalue weighted by Crippen LogP contribution is 2.22. The molecule has 0 radical (unpaired) electrons. The lowest BCUT2D eigenvalue weighted by Gasteiger charge is -2.33. The van der Waals surface area contributed by atoms with Crippen LogP contribution in [0, 0.1) is 0 Å². The van der Waals surface area contributed by atoms with Gasteiger partial charge in [0.05, 0.1) is 19.6 Å². The van der Waals surface area contributed by atoms with Crippen LogP contribution in [0.3, 0.4) is 0 Å². The predicted molar refractivity (Wildman–Crippen MR) is 81.9 cm³/mol. The molecule has 1 fully saturated rings. The molecule has 1 atom stereocenters. The fourth-order valence-electron chi connectivity index (χ4n) is 2.63. The highest BCUT2D eigenvalue weighted by Gasteiger charge is 2.25. The van der Waals surface area contributed by atoms with E-state index >= 15 is 0 Å². The third kappa shape index (κ3) is 3.50. The number of hydrogen-bond donors (Lipinski definition) is 0. The van der Waals surface area contributed by atoms with Crippen LogP contribution >= 0.6 is 0 Å². The smallest absolute Gasteiger partial charge is 0.227 e. The zero-order chi connectivity index (χ0) is 14.5. The second-order valence-electron chi connectivity index (χ2n) is 5.27. The molecule has 1 saturated heterocycles. The van der Waals surface area contributed by atoms with E-state index in [9.17, 15) is 4.79 Å². The molecule has 1 unspecified atom stereocenters. The largest absolute Gasteiger partial charge is 0.370 e. The molecule has 1 heterocycles. The third-order valence-electron chi connectivity index (χ3n) is 3.79. The van der Waals surface area contributed by atoms with Crippen molar-refractivity contribution in [2.24, 2.45) is 0 Å². The van der Waals surface area contributed by atoms with E-state index in [4.69, 9.17) is 4.74 Å². The van der Waals surface area contributed by atoms with Gasteiger partial charge in [0.2, 0.25) is 5.91 Å². The summed E-state index contributed by atoms with van der Waals surface area (Å²) in [7, 11) is 0. The number of carbonyl (C=O) groups is 1. The highest BCUT2D eigenvalue weighted by molar-refractivity contribution is 5.78. The maximum absolute atomic E-state index is 12.4. The number of amides is 1. The normalized spacial score (nSPS) is 18.5. The standard InChI is InChI=1S/C18H19NO2/c20-18(13-15-7-3-1-4-8-15)19-11-12-21-17(14-19)16-9-5-2-6-10-16/h1-10,17H,11-14H2. The number of benzene rings is 2. The summed E-state index contributed by atoms with van der Waals surface area (Å²) in [5, 5.41) is 0. The van der Waals surface area contributed by atoms with Crippen molar-refractivity contribution in [1.82, 2.24) is 4.90 Å². The van der Waals surface area contributed by atoms with Gasteiger partial charge < -0.3 is 9.64 Å². The number of hydrogen-bond acceptors (Lipinski definition) is 2. The number of ether oxygens (including phenoxy) is 1. The fourth-order valence-corrected chi connectivity index (χ4v) is 2.63.